The summed E-state index contributed by atoms with van der Waals surface area (Å²) >= 11 is 3.27. The molecular weight excluding hydrogens is 276 g/mol. The zero-order chi connectivity index (χ0) is 12.0. The van der Waals surface area contributed by atoms with Gasteiger partial charge in [-0.2, -0.15) is 0 Å². The van der Waals surface area contributed by atoms with Crippen LogP contribution >= 0.6 is 15.9 Å². The minimum atomic E-state index is -0.351. The quantitative estimate of drug-likeness (QED) is 0.584. The molecule has 0 unspecified atom stereocenters. The molecule has 0 aliphatic carbocycles. The molecule has 88 valence electrons. The molecule has 0 aromatic rings. The number of halogens is 1. The fourth-order valence-corrected chi connectivity index (χ4v) is 1.71. The second-order valence-corrected chi connectivity index (χ2v) is 3.90. The maximum absolute atomic E-state index is 11.4. The Hall–Kier alpha value is -1.10. The summed E-state index contributed by atoms with van der Waals surface area (Å²) in [7, 11) is 1.33. The fourth-order valence-electron chi connectivity index (χ4n) is 1.30. The third-order valence-electron chi connectivity index (χ3n) is 2.16. The number of hydrogen-bond donors (Lipinski definition) is 0. The average Bonchev–Trinajstić information content (AvgIpc) is 2.29. The summed E-state index contributed by atoms with van der Waals surface area (Å²) in [5.41, 5.74) is 1.46. The van der Waals surface area contributed by atoms with Crippen LogP contribution in [0.5, 0.6) is 0 Å². The minimum absolute atomic E-state index is 0.193. The lowest BCUT2D eigenvalue weighted by atomic mass is 10.0. The number of alkyl halides is 1. The van der Waals surface area contributed by atoms with Crippen LogP contribution in [0, 0.1) is 0 Å². The number of esters is 2. The summed E-state index contributed by atoms with van der Waals surface area (Å²) in [5, 5.41) is 0.709. The number of ether oxygens (including phenoxy) is 2. The molecule has 0 bridgehead atoms. The van der Waals surface area contributed by atoms with Crippen LogP contribution in [0.4, 0.5) is 0 Å². The number of allylic oxidation sites excluding steroid dienone is 1. The molecule has 5 heteroatoms. The first-order valence-electron chi connectivity index (χ1n) is 4.87. The molecule has 0 radical (unpaired) electrons. The second-order valence-electron chi connectivity index (χ2n) is 3.26. The second kappa shape index (κ2) is 6.48. The molecule has 4 nitrogen and oxygen atoms in total. The summed E-state index contributed by atoms with van der Waals surface area (Å²) < 4.78 is 9.48. The van der Waals surface area contributed by atoms with Crippen molar-refractivity contribution < 1.29 is 19.1 Å². The monoisotopic (exact) mass is 288 g/mol. The van der Waals surface area contributed by atoms with Crippen molar-refractivity contribution in [3.8, 4) is 0 Å². The number of hydrogen-bond acceptors (Lipinski definition) is 4. The Morgan fingerprint density at radius 2 is 2.44 bits per heavy atom. The van der Waals surface area contributed by atoms with Crippen molar-refractivity contribution in [3.63, 3.8) is 0 Å². The molecule has 1 rings (SSSR count). The van der Waals surface area contributed by atoms with Crippen LogP contribution in [0.1, 0.15) is 12.8 Å². The Balaban J connectivity index is 2.64. The molecule has 0 saturated carbocycles. The van der Waals surface area contributed by atoms with Gasteiger partial charge in [-0.3, -0.25) is 4.79 Å². The van der Waals surface area contributed by atoms with Gasteiger partial charge in [-0.15, -0.1) is 0 Å². The van der Waals surface area contributed by atoms with Gasteiger partial charge in [-0.05, 0) is 18.1 Å². The van der Waals surface area contributed by atoms with E-state index in [0.29, 0.717) is 23.9 Å². The Bertz CT molecular complexity index is 344. The van der Waals surface area contributed by atoms with Crippen LogP contribution in [0.2, 0.25) is 0 Å². The van der Waals surface area contributed by atoms with Crippen molar-refractivity contribution >= 4 is 27.9 Å². The standard InChI is InChI=1S/C11H13BrO4/c1-15-10(13)3-2-9-6-8(4-5-12)7-16-11(9)14/h4,6H,2-3,5,7H2,1H3/b8-4+. The van der Waals surface area contributed by atoms with Gasteiger partial charge in [-0.25, -0.2) is 4.79 Å². The Labute approximate surface area is 102 Å². The largest absolute Gasteiger partial charge is 0.469 e. The van der Waals surface area contributed by atoms with Gasteiger partial charge in [0.15, 0.2) is 0 Å². The van der Waals surface area contributed by atoms with Gasteiger partial charge in [0.25, 0.3) is 0 Å². The minimum Gasteiger partial charge on any atom is -0.469 e. The van der Waals surface area contributed by atoms with Crippen molar-refractivity contribution in [2.24, 2.45) is 0 Å². The van der Waals surface area contributed by atoms with Gasteiger partial charge < -0.3 is 9.47 Å². The van der Waals surface area contributed by atoms with Gasteiger partial charge in [0.05, 0.1) is 7.11 Å². The highest BCUT2D eigenvalue weighted by Crippen LogP contribution is 2.17. The molecule has 1 aliphatic heterocycles. The maximum atomic E-state index is 11.4. The lowest BCUT2D eigenvalue weighted by molar-refractivity contribution is -0.141. The van der Waals surface area contributed by atoms with E-state index < -0.39 is 0 Å². The Morgan fingerprint density at radius 3 is 3.06 bits per heavy atom. The van der Waals surface area contributed by atoms with E-state index in [1.165, 1.54) is 7.11 Å². The van der Waals surface area contributed by atoms with E-state index in [0.717, 1.165) is 5.57 Å². The van der Waals surface area contributed by atoms with Gasteiger partial charge in [0.2, 0.25) is 0 Å². The topological polar surface area (TPSA) is 52.6 Å². The van der Waals surface area contributed by atoms with Crippen molar-refractivity contribution in [3.05, 3.63) is 23.3 Å². The fraction of sp³-hybridized carbons (Fsp3) is 0.455. The van der Waals surface area contributed by atoms with Crippen LogP contribution < -0.4 is 0 Å². The molecular formula is C11H13BrO4. The Morgan fingerprint density at radius 1 is 1.69 bits per heavy atom. The van der Waals surface area contributed by atoms with E-state index in [2.05, 4.69) is 20.7 Å². The average molecular weight is 289 g/mol. The smallest absolute Gasteiger partial charge is 0.334 e. The highest BCUT2D eigenvalue weighted by atomic mass is 79.9. The zero-order valence-corrected chi connectivity index (χ0v) is 10.6. The van der Waals surface area contributed by atoms with E-state index in [-0.39, 0.29) is 18.4 Å². The van der Waals surface area contributed by atoms with Gasteiger partial charge >= 0.3 is 11.9 Å². The van der Waals surface area contributed by atoms with Crippen LogP contribution in [-0.2, 0) is 19.1 Å². The summed E-state index contributed by atoms with van der Waals surface area (Å²) in [5.74, 6) is -0.680. The SMILES string of the molecule is COC(=O)CCC1=C/C(=C\CBr)COC1=O. The lowest BCUT2D eigenvalue weighted by Gasteiger charge is -2.14. The van der Waals surface area contributed by atoms with E-state index in [9.17, 15) is 9.59 Å². The number of cyclic esters (lactones) is 1. The number of methoxy groups -OCH3 is 1. The van der Waals surface area contributed by atoms with E-state index >= 15 is 0 Å². The first-order chi connectivity index (χ1) is 7.67. The van der Waals surface area contributed by atoms with Crippen molar-refractivity contribution in [2.45, 2.75) is 12.8 Å². The highest BCUT2D eigenvalue weighted by molar-refractivity contribution is 9.09. The molecule has 0 N–H and O–H groups in total. The third-order valence-corrected chi connectivity index (χ3v) is 2.48. The molecule has 0 spiro atoms. The normalized spacial score (nSPS) is 18.0. The van der Waals surface area contributed by atoms with Gasteiger partial charge in [0, 0.05) is 17.3 Å². The van der Waals surface area contributed by atoms with E-state index in [4.69, 9.17) is 4.74 Å². The molecule has 0 amide bonds. The summed E-state index contributed by atoms with van der Waals surface area (Å²) in [4.78, 5) is 22.3. The molecule has 16 heavy (non-hydrogen) atoms. The van der Waals surface area contributed by atoms with Crippen LogP contribution in [0.3, 0.4) is 0 Å². The van der Waals surface area contributed by atoms with Crippen molar-refractivity contribution in [1.29, 1.82) is 0 Å². The number of carbonyl (C=O) groups is 2. The van der Waals surface area contributed by atoms with Crippen molar-refractivity contribution in [1.82, 2.24) is 0 Å². The molecule has 0 atom stereocenters. The van der Waals surface area contributed by atoms with E-state index in [1.807, 2.05) is 6.08 Å². The highest BCUT2D eigenvalue weighted by Gasteiger charge is 2.18. The number of rotatable bonds is 4. The summed E-state index contributed by atoms with van der Waals surface area (Å²) in [6.45, 7) is 0.298. The molecule has 0 saturated heterocycles. The molecule has 0 aromatic carbocycles. The molecule has 0 aromatic heterocycles. The van der Waals surface area contributed by atoms with Crippen LogP contribution in [-0.4, -0.2) is 31.0 Å². The molecule has 1 aliphatic rings. The Kier molecular flexibility index (Phi) is 5.25. The predicted octanol–water partition coefficient (Wildman–Crippen LogP) is 1.74. The predicted molar refractivity (Wildman–Crippen MR) is 62.2 cm³/mol. The van der Waals surface area contributed by atoms with Crippen LogP contribution in [0.15, 0.2) is 23.3 Å². The molecule has 1 heterocycles. The van der Waals surface area contributed by atoms with Gasteiger partial charge in [0.1, 0.15) is 6.61 Å². The van der Waals surface area contributed by atoms with Crippen molar-refractivity contribution in [2.75, 3.05) is 19.0 Å². The lowest BCUT2D eigenvalue weighted by Crippen LogP contribution is -2.16. The first-order valence-corrected chi connectivity index (χ1v) is 5.99. The third kappa shape index (κ3) is 3.81. The van der Waals surface area contributed by atoms with Gasteiger partial charge in [-0.1, -0.05) is 22.0 Å². The number of carbonyl (C=O) groups excluding carboxylic acids is 2. The first kappa shape index (κ1) is 13.0. The summed E-state index contributed by atoms with van der Waals surface area (Å²) in [6.07, 6.45) is 4.24. The zero-order valence-electron chi connectivity index (χ0n) is 8.99. The van der Waals surface area contributed by atoms with Crippen LogP contribution in [0.25, 0.3) is 0 Å². The maximum Gasteiger partial charge on any atom is 0.334 e. The van der Waals surface area contributed by atoms with E-state index in [1.54, 1.807) is 6.08 Å². The molecule has 0 fully saturated rings. The summed E-state index contributed by atoms with van der Waals surface area (Å²) in [6, 6.07) is 0.